The number of hydrogen-bond donors (Lipinski definition) is 1. The van der Waals surface area contributed by atoms with Crippen molar-refractivity contribution in [2.45, 2.75) is 41.2 Å². The number of aryl methyl sites for hydroxylation is 5. The minimum Gasteiger partial charge on any atom is -0.324 e. The van der Waals surface area contributed by atoms with Crippen LogP contribution in [-0.2, 0) is 11.3 Å². The lowest BCUT2D eigenvalue weighted by Crippen LogP contribution is -2.28. The van der Waals surface area contributed by atoms with Gasteiger partial charge in [-0.05, 0) is 56.9 Å². The normalized spacial score (nSPS) is 11.0. The third kappa shape index (κ3) is 3.27. The van der Waals surface area contributed by atoms with Crippen LogP contribution in [0.1, 0.15) is 27.8 Å². The number of nitrogens with zero attached hydrogens (tertiary/aromatic N) is 1. The first-order valence-corrected chi connectivity index (χ1v) is 8.75. The molecular weight excluding hydrogens is 324 g/mol. The number of anilines is 1. The molecule has 1 N–H and O–H groups in total. The van der Waals surface area contributed by atoms with Crippen molar-refractivity contribution in [2.75, 3.05) is 5.32 Å². The van der Waals surface area contributed by atoms with Crippen LogP contribution in [-0.4, -0.2) is 10.5 Å². The minimum absolute atomic E-state index is 0.00672. The topological polar surface area (TPSA) is 51.1 Å². The van der Waals surface area contributed by atoms with Crippen LogP contribution < -0.4 is 10.9 Å². The van der Waals surface area contributed by atoms with E-state index < -0.39 is 0 Å². The average Bonchev–Trinajstić information content (AvgIpc) is 2.55. The molecule has 134 valence electrons. The van der Waals surface area contributed by atoms with Gasteiger partial charge in [0, 0.05) is 17.1 Å². The lowest BCUT2D eigenvalue weighted by atomic mass is 10.0. The van der Waals surface area contributed by atoms with Crippen molar-refractivity contribution in [3.63, 3.8) is 0 Å². The summed E-state index contributed by atoms with van der Waals surface area (Å²) in [6.07, 6.45) is 0. The zero-order valence-corrected chi connectivity index (χ0v) is 15.9. The number of fused-ring (bicyclic) bond motifs is 1. The van der Waals surface area contributed by atoms with E-state index in [-0.39, 0.29) is 18.0 Å². The number of carbonyl (C=O) groups excluding carboxylic acids is 1. The zero-order chi connectivity index (χ0) is 19.0. The fraction of sp³-hybridized carbons (Fsp3) is 0.273. The molecule has 0 spiro atoms. The van der Waals surface area contributed by atoms with Gasteiger partial charge >= 0.3 is 0 Å². The van der Waals surface area contributed by atoms with E-state index in [1.807, 2.05) is 65.0 Å². The molecule has 3 aromatic rings. The molecule has 4 nitrogen and oxygen atoms in total. The molecule has 0 bridgehead atoms. The largest absolute Gasteiger partial charge is 0.324 e. The van der Waals surface area contributed by atoms with Crippen molar-refractivity contribution in [3.8, 4) is 0 Å². The maximum absolute atomic E-state index is 12.7. The first-order valence-electron chi connectivity index (χ1n) is 8.75. The standard InChI is InChI=1S/C22H24N2O2/c1-13-9-16(4)21(17(5)10-13)23-19(25)12-24-20(26)11-15(3)18-8-6-7-14(2)22(18)24/h6-11H,12H2,1-5H3,(H,23,25). The Kier molecular flexibility index (Phi) is 4.68. The van der Waals surface area contributed by atoms with Gasteiger partial charge in [0.05, 0.1) is 5.52 Å². The van der Waals surface area contributed by atoms with Crippen LogP contribution in [0.2, 0.25) is 0 Å². The summed E-state index contributed by atoms with van der Waals surface area (Å²) in [4.78, 5) is 25.2. The Morgan fingerprint density at radius 2 is 1.58 bits per heavy atom. The summed E-state index contributed by atoms with van der Waals surface area (Å²) in [6, 6.07) is 11.6. The van der Waals surface area contributed by atoms with E-state index in [0.717, 1.165) is 44.4 Å². The molecular formula is C22H24N2O2. The first-order chi connectivity index (χ1) is 12.3. The lowest BCUT2D eigenvalue weighted by Gasteiger charge is -2.16. The molecule has 1 amide bonds. The lowest BCUT2D eigenvalue weighted by molar-refractivity contribution is -0.116. The number of pyridine rings is 1. The Labute approximate surface area is 153 Å². The van der Waals surface area contributed by atoms with Crippen LogP contribution in [0.25, 0.3) is 10.9 Å². The highest BCUT2D eigenvalue weighted by atomic mass is 16.2. The zero-order valence-electron chi connectivity index (χ0n) is 15.9. The number of para-hydroxylation sites is 1. The summed E-state index contributed by atoms with van der Waals surface area (Å²) in [7, 11) is 0. The predicted molar refractivity (Wildman–Crippen MR) is 107 cm³/mol. The molecule has 0 aliphatic heterocycles. The van der Waals surface area contributed by atoms with E-state index in [1.54, 1.807) is 10.6 Å². The van der Waals surface area contributed by atoms with Crippen LogP contribution in [0.4, 0.5) is 5.69 Å². The molecule has 3 rings (SSSR count). The number of rotatable bonds is 3. The van der Waals surface area contributed by atoms with Gasteiger partial charge in [-0.25, -0.2) is 0 Å². The molecule has 1 aromatic heterocycles. The third-order valence-corrected chi connectivity index (χ3v) is 4.78. The third-order valence-electron chi connectivity index (χ3n) is 4.78. The average molecular weight is 348 g/mol. The van der Waals surface area contributed by atoms with Gasteiger partial charge in [0.1, 0.15) is 6.54 Å². The highest BCUT2D eigenvalue weighted by Crippen LogP contribution is 2.23. The van der Waals surface area contributed by atoms with Gasteiger partial charge in [-0.15, -0.1) is 0 Å². The van der Waals surface area contributed by atoms with Gasteiger partial charge in [0.2, 0.25) is 5.91 Å². The summed E-state index contributed by atoms with van der Waals surface area (Å²) >= 11 is 0. The number of hydrogen-bond acceptors (Lipinski definition) is 2. The van der Waals surface area contributed by atoms with Crippen LogP contribution in [0, 0.1) is 34.6 Å². The second kappa shape index (κ2) is 6.79. The van der Waals surface area contributed by atoms with Crippen molar-refractivity contribution in [1.29, 1.82) is 0 Å². The Bertz CT molecular complexity index is 1050. The Balaban J connectivity index is 2.00. The summed E-state index contributed by atoms with van der Waals surface area (Å²) in [6.45, 7) is 9.87. The molecule has 26 heavy (non-hydrogen) atoms. The molecule has 0 unspecified atom stereocenters. The van der Waals surface area contributed by atoms with E-state index >= 15 is 0 Å². The van der Waals surface area contributed by atoms with Gasteiger partial charge in [0.25, 0.3) is 5.56 Å². The Morgan fingerprint density at radius 3 is 2.23 bits per heavy atom. The molecule has 0 radical (unpaired) electrons. The van der Waals surface area contributed by atoms with Crippen LogP contribution in [0.15, 0.2) is 41.2 Å². The maximum atomic E-state index is 12.7. The van der Waals surface area contributed by atoms with Gasteiger partial charge < -0.3 is 5.32 Å². The van der Waals surface area contributed by atoms with Crippen LogP contribution in [0.5, 0.6) is 0 Å². The van der Waals surface area contributed by atoms with Crippen molar-refractivity contribution < 1.29 is 4.79 Å². The number of benzene rings is 2. The molecule has 0 aliphatic rings. The van der Waals surface area contributed by atoms with Crippen LogP contribution in [0.3, 0.4) is 0 Å². The summed E-state index contributed by atoms with van der Waals surface area (Å²) in [5, 5.41) is 3.98. The molecule has 0 atom stereocenters. The smallest absolute Gasteiger partial charge is 0.251 e. The summed E-state index contributed by atoms with van der Waals surface area (Å²) in [5.74, 6) is -0.199. The first kappa shape index (κ1) is 17.9. The number of nitrogens with one attached hydrogen (secondary N) is 1. The number of carbonyl (C=O) groups is 1. The van der Waals surface area contributed by atoms with Crippen molar-refractivity contribution in [1.82, 2.24) is 4.57 Å². The monoisotopic (exact) mass is 348 g/mol. The van der Waals surface area contributed by atoms with Gasteiger partial charge in [0.15, 0.2) is 0 Å². The molecule has 0 fully saturated rings. The number of amides is 1. The quantitative estimate of drug-likeness (QED) is 0.772. The summed E-state index contributed by atoms with van der Waals surface area (Å²) in [5.41, 5.74) is 6.61. The second-order valence-corrected chi connectivity index (χ2v) is 7.04. The van der Waals surface area contributed by atoms with Gasteiger partial charge in [-0.1, -0.05) is 35.9 Å². The SMILES string of the molecule is Cc1cc(C)c(NC(=O)Cn2c(=O)cc(C)c3cccc(C)c32)c(C)c1. The fourth-order valence-electron chi connectivity index (χ4n) is 3.64. The maximum Gasteiger partial charge on any atom is 0.251 e. The molecule has 1 heterocycles. The van der Waals surface area contributed by atoms with Gasteiger partial charge in [-0.2, -0.15) is 0 Å². The molecule has 0 saturated carbocycles. The second-order valence-electron chi connectivity index (χ2n) is 7.04. The van der Waals surface area contributed by atoms with E-state index in [4.69, 9.17) is 0 Å². The predicted octanol–water partition coefficient (Wildman–Crippen LogP) is 4.18. The number of aromatic nitrogens is 1. The van der Waals surface area contributed by atoms with Crippen molar-refractivity contribution in [3.05, 3.63) is 74.6 Å². The van der Waals surface area contributed by atoms with Crippen molar-refractivity contribution >= 4 is 22.5 Å². The van der Waals surface area contributed by atoms with Gasteiger partial charge in [-0.3, -0.25) is 14.2 Å². The summed E-state index contributed by atoms with van der Waals surface area (Å²) < 4.78 is 1.56. The highest BCUT2D eigenvalue weighted by molar-refractivity contribution is 5.94. The highest BCUT2D eigenvalue weighted by Gasteiger charge is 2.14. The minimum atomic E-state index is -0.199. The fourth-order valence-corrected chi connectivity index (χ4v) is 3.64. The van der Waals surface area contributed by atoms with Crippen molar-refractivity contribution in [2.24, 2.45) is 0 Å². The molecule has 0 aliphatic carbocycles. The molecule has 4 heteroatoms. The Morgan fingerprint density at radius 1 is 0.923 bits per heavy atom. The van der Waals surface area contributed by atoms with E-state index in [9.17, 15) is 9.59 Å². The van der Waals surface area contributed by atoms with E-state index in [0.29, 0.717) is 0 Å². The van der Waals surface area contributed by atoms with E-state index in [2.05, 4.69) is 5.32 Å². The van der Waals surface area contributed by atoms with E-state index in [1.165, 1.54) is 0 Å². The molecule has 0 saturated heterocycles. The van der Waals surface area contributed by atoms with Crippen LogP contribution >= 0.6 is 0 Å². The molecule has 2 aromatic carbocycles. The Hall–Kier alpha value is -2.88.